The second kappa shape index (κ2) is 11.6. The van der Waals surface area contributed by atoms with Crippen molar-refractivity contribution in [3.63, 3.8) is 0 Å². The number of alkyl halides is 2. The fourth-order valence-electron chi connectivity index (χ4n) is 4.25. The van der Waals surface area contributed by atoms with Gasteiger partial charge in [-0.1, -0.05) is 48.5 Å². The number of likely N-dealkylation sites (N-methyl/N-ethyl adjacent to an activating group) is 1. The number of carboxylic acid groups (broad SMARTS) is 1. The summed E-state index contributed by atoms with van der Waals surface area (Å²) in [6.07, 6.45) is -4.61. The van der Waals surface area contributed by atoms with Crippen molar-refractivity contribution in [2.24, 2.45) is 0 Å². The molecule has 0 saturated carbocycles. The number of halogens is 2. The van der Waals surface area contributed by atoms with E-state index in [0.29, 0.717) is 0 Å². The Kier molecular flexibility index (Phi) is 8.56. The highest BCUT2D eigenvalue weighted by molar-refractivity contribution is 5.86. The van der Waals surface area contributed by atoms with Crippen molar-refractivity contribution in [3.05, 3.63) is 59.7 Å². The molecule has 2 aromatic carbocycles. The quantitative estimate of drug-likeness (QED) is 0.507. The predicted octanol–water partition coefficient (Wildman–Crippen LogP) is 4.26. The van der Waals surface area contributed by atoms with E-state index in [9.17, 15) is 23.2 Å². The van der Waals surface area contributed by atoms with E-state index in [1.54, 1.807) is 6.92 Å². The lowest BCUT2D eigenvalue weighted by Crippen LogP contribution is -2.50. The zero-order chi connectivity index (χ0) is 24.7. The van der Waals surface area contributed by atoms with Gasteiger partial charge in [-0.2, -0.15) is 0 Å². The molecule has 0 heterocycles. The zero-order valence-electron chi connectivity index (χ0n) is 18.9. The van der Waals surface area contributed by atoms with E-state index in [1.165, 1.54) is 4.90 Å². The summed E-state index contributed by atoms with van der Waals surface area (Å²) in [6.45, 7) is 1.94. The first-order valence-corrected chi connectivity index (χ1v) is 11.2. The Morgan fingerprint density at radius 1 is 1.06 bits per heavy atom. The molecule has 2 aromatic rings. The van der Waals surface area contributed by atoms with E-state index in [4.69, 9.17) is 9.84 Å². The number of hydrogen-bond donors (Lipinski definition) is 2. The lowest BCUT2D eigenvalue weighted by molar-refractivity contribution is -0.138. The van der Waals surface area contributed by atoms with E-state index >= 15 is 0 Å². The minimum absolute atomic E-state index is 0.00838. The van der Waals surface area contributed by atoms with Gasteiger partial charge in [-0.3, -0.25) is 9.59 Å². The molecule has 0 spiro atoms. The SMILES string of the molecule is CCN(CCCC(=O)O)C(=O)C(CC(F)F)NC(=O)OCC1c2ccccc2-c2ccccc21. The number of aliphatic carboxylic acids is 1. The predicted molar refractivity (Wildman–Crippen MR) is 122 cm³/mol. The standard InChI is InChI=1S/C25H28F2N2O5/c1-2-29(13-7-12-23(30)31)24(32)21(14-22(26)27)28-25(33)34-15-20-18-10-5-3-8-16(18)17-9-4-6-11-19(17)20/h3-6,8-11,20-22H,2,7,12-15H2,1H3,(H,28,33)(H,30,31). The molecule has 0 aromatic heterocycles. The molecule has 1 unspecified atom stereocenters. The third-order valence-electron chi connectivity index (χ3n) is 5.86. The van der Waals surface area contributed by atoms with Crippen LogP contribution in [0.4, 0.5) is 13.6 Å². The van der Waals surface area contributed by atoms with E-state index < -0.39 is 36.9 Å². The van der Waals surface area contributed by atoms with Crippen molar-refractivity contribution >= 4 is 18.0 Å². The molecule has 34 heavy (non-hydrogen) atoms. The average Bonchev–Trinajstić information content (AvgIpc) is 3.13. The van der Waals surface area contributed by atoms with Crippen molar-refractivity contribution < 1.29 is 33.0 Å². The van der Waals surface area contributed by atoms with Crippen LogP contribution < -0.4 is 5.32 Å². The first kappa shape index (κ1) is 25.1. The van der Waals surface area contributed by atoms with Gasteiger partial charge in [0.25, 0.3) is 0 Å². The number of carboxylic acids is 1. The highest BCUT2D eigenvalue weighted by Gasteiger charge is 2.31. The Morgan fingerprint density at radius 2 is 1.65 bits per heavy atom. The molecule has 9 heteroatoms. The Balaban J connectivity index is 1.65. The molecule has 7 nitrogen and oxygen atoms in total. The number of carbonyl (C=O) groups excluding carboxylic acids is 2. The van der Waals surface area contributed by atoms with Gasteiger partial charge in [-0.15, -0.1) is 0 Å². The van der Waals surface area contributed by atoms with Crippen molar-refractivity contribution in [2.75, 3.05) is 19.7 Å². The number of nitrogens with zero attached hydrogens (tertiary/aromatic N) is 1. The summed E-state index contributed by atoms with van der Waals surface area (Å²) in [5, 5.41) is 11.1. The van der Waals surface area contributed by atoms with E-state index in [2.05, 4.69) is 5.32 Å². The van der Waals surface area contributed by atoms with Crippen LogP contribution in [0, 0.1) is 0 Å². The van der Waals surface area contributed by atoms with Gasteiger partial charge in [0.1, 0.15) is 12.6 Å². The maximum atomic E-state index is 13.1. The fraction of sp³-hybridized carbons (Fsp3) is 0.400. The third-order valence-corrected chi connectivity index (χ3v) is 5.86. The van der Waals surface area contributed by atoms with Crippen LogP contribution in [0.1, 0.15) is 43.2 Å². The summed E-state index contributed by atoms with van der Waals surface area (Å²) in [5.41, 5.74) is 4.12. The fourth-order valence-corrected chi connectivity index (χ4v) is 4.25. The van der Waals surface area contributed by atoms with E-state index in [-0.39, 0.29) is 38.5 Å². The summed E-state index contributed by atoms with van der Waals surface area (Å²) < 4.78 is 31.7. The molecule has 0 saturated heterocycles. The first-order chi connectivity index (χ1) is 16.3. The lowest BCUT2D eigenvalue weighted by Gasteiger charge is -2.26. The molecule has 182 valence electrons. The zero-order valence-corrected chi connectivity index (χ0v) is 18.9. The summed E-state index contributed by atoms with van der Waals surface area (Å²) in [4.78, 5) is 37.3. The Morgan fingerprint density at radius 3 is 2.18 bits per heavy atom. The number of alkyl carbamates (subject to hydrolysis) is 1. The summed E-state index contributed by atoms with van der Waals surface area (Å²) in [6, 6.07) is 14.1. The van der Waals surface area contributed by atoms with Gasteiger partial charge in [0.05, 0.1) is 0 Å². The maximum absolute atomic E-state index is 13.1. The van der Waals surface area contributed by atoms with Crippen LogP contribution in [-0.2, 0) is 14.3 Å². The van der Waals surface area contributed by atoms with Crippen molar-refractivity contribution in [3.8, 4) is 11.1 Å². The number of carbonyl (C=O) groups is 3. The molecule has 0 radical (unpaired) electrons. The molecule has 2 N–H and O–H groups in total. The number of amides is 2. The van der Waals surface area contributed by atoms with Gasteiger partial charge in [0, 0.05) is 31.8 Å². The highest BCUT2D eigenvalue weighted by atomic mass is 19.3. The number of fused-ring (bicyclic) bond motifs is 3. The van der Waals surface area contributed by atoms with Crippen LogP contribution in [0.25, 0.3) is 11.1 Å². The average molecular weight is 475 g/mol. The minimum atomic E-state index is -2.82. The highest BCUT2D eigenvalue weighted by Crippen LogP contribution is 2.44. The Hall–Kier alpha value is -3.49. The Labute approximate surface area is 196 Å². The van der Waals surface area contributed by atoms with E-state index in [1.807, 2.05) is 48.5 Å². The van der Waals surface area contributed by atoms with Crippen LogP contribution in [0.3, 0.4) is 0 Å². The number of ether oxygens (including phenoxy) is 1. The maximum Gasteiger partial charge on any atom is 0.407 e. The third kappa shape index (κ3) is 6.09. The molecule has 0 fully saturated rings. The number of benzene rings is 2. The molecule has 1 aliphatic rings. The van der Waals surface area contributed by atoms with Crippen LogP contribution in [0.2, 0.25) is 0 Å². The number of nitrogens with one attached hydrogen (secondary N) is 1. The van der Waals surface area contributed by atoms with Crippen molar-refractivity contribution in [1.29, 1.82) is 0 Å². The molecule has 1 atom stereocenters. The van der Waals surface area contributed by atoms with Crippen LogP contribution >= 0.6 is 0 Å². The second-order valence-corrected chi connectivity index (χ2v) is 8.06. The van der Waals surface area contributed by atoms with Crippen LogP contribution in [0.5, 0.6) is 0 Å². The monoisotopic (exact) mass is 474 g/mol. The molecule has 3 rings (SSSR count). The van der Waals surface area contributed by atoms with E-state index in [0.717, 1.165) is 22.3 Å². The van der Waals surface area contributed by atoms with Gasteiger partial charge in [-0.25, -0.2) is 13.6 Å². The van der Waals surface area contributed by atoms with Gasteiger partial charge in [0.2, 0.25) is 12.3 Å². The smallest absolute Gasteiger partial charge is 0.407 e. The van der Waals surface area contributed by atoms with Gasteiger partial charge < -0.3 is 20.1 Å². The minimum Gasteiger partial charge on any atom is -0.481 e. The molecule has 0 aliphatic heterocycles. The van der Waals surface area contributed by atoms with Crippen molar-refractivity contribution in [2.45, 2.75) is 44.6 Å². The summed E-state index contributed by atoms with van der Waals surface area (Å²) in [7, 11) is 0. The lowest BCUT2D eigenvalue weighted by atomic mass is 9.98. The topological polar surface area (TPSA) is 95.9 Å². The van der Waals surface area contributed by atoms with Crippen LogP contribution in [-0.4, -0.2) is 60.1 Å². The largest absolute Gasteiger partial charge is 0.481 e. The molecule has 1 aliphatic carbocycles. The van der Waals surface area contributed by atoms with Gasteiger partial charge in [0.15, 0.2) is 0 Å². The van der Waals surface area contributed by atoms with Crippen molar-refractivity contribution in [1.82, 2.24) is 10.2 Å². The Bertz CT molecular complexity index is 984. The van der Waals surface area contributed by atoms with Crippen LogP contribution in [0.15, 0.2) is 48.5 Å². The van der Waals surface area contributed by atoms with Gasteiger partial charge in [-0.05, 0) is 35.6 Å². The number of rotatable bonds is 11. The molecule has 2 amide bonds. The summed E-state index contributed by atoms with van der Waals surface area (Å²) in [5.74, 6) is -1.91. The first-order valence-electron chi connectivity index (χ1n) is 11.2. The number of hydrogen-bond acceptors (Lipinski definition) is 4. The van der Waals surface area contributed by atoms with Gasteiger partial charge >= 0.3 is 12.1 Å². The molecular weight excluding hydrogens is 446 g/mol. The normalized spacial score (nSPS) is 13.2. The molecular formula is C25H28F2N2O5. The second-order valence-electron chi connectivity index (χ2n) is 8.06. The summed E-state index contributed by atoms with van der Waals surface area (Å²) >= 11 is 0. The molecule has 0 bridgehead atoms.